The maximum absolute atomic E-state index is 10.9. The number of ketones is 1. The van der Waals surface area contributed by atoms with Gasteiger partial charge >= 0.3 is 0 Å². The van der Waals surface area contributed by atoms with E-state index in [2.05, 4.69) is 0 Å². The molecule has 3 nitrogen and oxygen atoms in total. The average Bonchev–Trinajstić information content (AvgIpc) is 2.60. The lowest BCUT2D eigenvalue weighted by Crippen LogP contribution is -2.03. The Hall–Kier alpha value is -0.970. The first kappa shape index (κ1) is 24.0. The molecule has 0 aromatic heterocycles. The van der Waals surface area contributed by atoms with Crippen molar-refractivity contribution in [2.45, 2.75) is 6.42 Å². The number of anilines is 1. The third-order valence-electron chi connectivity index (χ3n) is 2.44. The molecule has 0 bridgehead atoms. The second kappa shape index (κ2) is 14.2. The van der Waals surface area contributed by atoms with Crippen molar-refractivity contribution >= 4 is 74.7 Å². The number of carbonyl (C=O) groups excluding carboxylic acids is 2. The Balaban J connectivity index is 0.000000382. The summed E-state index contributed by atoms with van der Waals surface area (Å²) in [4.78, 5) is 20.3. The molecule has 2 aromatic rings. The van der Waals surface area contributed by atoms with Gasteiger partial charge < -0.3 is 5.73 Å². The second-order valence-electron chi connectivity index (χ2n) is 4.52. The highest BCUT2D eigenvalue weighted by atomic mass is 35.5. The number of carbonyl (C=O) groups is 2. The number of halogens is 5. The maximum atomic E-state index is 10.9. The fourth-order valence-corrected chi connectivity index (χ4v) is 1.69. The van der Waals surface area contributed by atoms with Gasteiger partial charge in [-0.05, 0) is 53.6 Å². The molecule has 0 saturated heterocycles. The van der Waals surface area contributed by atoms with Crippen molar-refractivity contribution in [3.05, 3.63) is 64.1 Å². The standard InChI is InChI=1S/C9H8Cl2O.C6H6ClN.C2H2Cl2O/c10-6-9(12)5-7-1-3-8(11)4-2-7;7-5-1-3-6(8)4-2-5;3-1-2(4)5/h1-4H,5-6H2;1-4H,8H2;1H2. The highest BCUT2D eigenvalue weighted by Crippen LogP contribution is 2.10. The van der Waals surface area contributed by atoms with E-state index in [0.717, 1.165) is 16.3 Å². The van der Waals surface area contributed by atoms with Crippen molar-refractivity contribution in [1.29, 1.82) is 0 Å². The Morgan fingerprint density at radius 1 is 0.800 bits per heavy atom. The van der Waals surface area contributed by atoms with Gasteiger partial charge in [0.05, 0.1) is 11.8 Å². The van der Waals surface area contributed by atoms with Gasteiger partial charge in [0, 0.05) is 22.2 Å². The molecule has 0 aliphatic rings. The molecule has 0 heterocycles. The number of hydrogen-bond donors (Lipinski definition) is 1. The van der Waals surface area contributed by atoms with Crippen molar-refractivity contribution in [2.24, 2.45) is 0 Å². The Kier molecular flexibility index (Phi) is 13.7. The van der Waals surface area contributed by atoms with Crippen molar-refractivity contribution in [3.8, 4) is 0 Å². The van der Waals surface area contributed by atoms with Crippen LogP contribution in [0.2, 0.25) is 10.0 Å². The van der Waals surface area contributed by atoms with Crippen LogP contribution in [0.4, 0.5) is 5.69 Å². The molecule has 0 aliphatic carbocycles. The lowest BCUT2D eigenvalue weighted by atomic mass is 10.1. The lowest BCUT2D eigenvalue weighted by molar-refractivity contribution is -0.116. The molecular weight excluding hydrogens is 427 g/mol. The van der Waals surface area contributed by atoms with Gasteiger partial charge in [0.2, 0.25) is 5.24 Å². The molecule has 0 aliphatic heterocycles. The van der Waals surface area contributed by atoms with E-state index in [9.17, 15) is 9.59 Å². The first-order valence-electron chi connectivity index (χ1n) is 6.86. The quantitative estimate of drug-likeness (QED) is 0.380. The van der Waals surface area contributed by atoms with Crippen LogP contribution < -0.4 is 5.73 Å². The van der Waals surface area contributed by atoms with Gasteiger partial charge in [0.15, 0.2) is 5.78 Å². The fourth-order valence-electron chi connectivity index (χ4n) is 1.34. The summed E-state index contributed by atoms with van der Waals surface area (Å²) in [6, 6.07) is 14.2. The lowest BCUT2D eigenvalue weighted by Gasteiger charge is -1.97. The molecule has 0 spiro atoms. The maximum Gasteiger partial charge on any atom is 0.236 e. The number of alkyl halides is 2. The van der Waals surface area contributed by atoms with E-state index < -0.39 is 5.24 Å². The number of nitrogens with two attached hydrogens (primary N) is 1. The molecule has 0 unspecified atom stereocenters. The van der Waals surface area contributed by atoms with Crippen LogP contribution in [-0.4, -0.2) is 22.8 Å². The summed E-state index contributed by atoms with van der Waals surface area (Å²) in [6.07, 6.45) is 0.390. The minimum Gasteiger partial charge on any atom is -0.399 e. The van der Waals surface area contributed by atoms with Gasteiger partial charge in [-0.3, -0.25) is 9.59 Å². The molecule has 136 valence electrons. The Morgan fingerprint density at radius 2 is 1.20 bits per heavy atom. The predicted molar refractivity (Wildman–Crippen MR) is 108 cm³/mol. The third-order valence-corrected chi connectivity index (χ3v) is 3.75. The molecule has 2 aromatic carbocycles. The minimum atomic E-state index is -0.508. The largest absolute Gasteiger partial charge is 0.399 e. The Bertz CT molecular complexity index is 624. The Labute approximate surface area is 172 Å². The molecule has 8 heteroatoms. The normalized spacial score (nSPS) is 9.16. The van der Waals surface area contributed by atoms with Crippen LogP contribution in [0, 0.1) is 0 Å². The van der Waals surface area contributed by atoms with E-state index in [1.165, 1.54) is 0 Å². The first-order chi connectivity index (χ1) is 11.8. The molecule has 2 N–H and O–H groups in total. The zero-order chi connectivity index (χ0) is 19.2. The van der Waals surface area contributed by atoms with Gasteiger partial charge in [-0.25, -0.2) is 0 Å². The van der Waals surface area contributed by atoms with Crippen LogP contribution >= 0.6 is 58.0 Å². The third kappa shape index (κ3) is 13.9. The van der Waals surface area contributed by atoms with E-state index in [1.54, 1.807) is 36.4 Å². The van der Waals surface area contributed by atoms with Crippen LogP contribution in [-0.2, 0) is 16.0 Å². The van der Waals surface area contributed by atoms with E-state index in [1.807, 2.05) is 12.1 Å². The minimum absolute atomic E-state index is 0.0268. The molecule has 0 saturated carbocycles. The highest BCUT2D eigenvalue weighted by Gasteiger charge is 2.00. The van der Waals surface area contributed by atoms with E-state index in [-0.39, 0.29) is 17.5 Å². The monoisotopic (exact) mass is 441 g/mol. The van der Waals surface area contributed by atoms with Gasteiger partial charge in [-0.1, -0.05) is 35.3 Å². The number of Topliss-reactive ketones (excluding diaryl/α,β-unsaturated/α-hetero) is 1. The van der Waals surface area contributed by atoms with Crippen LogP contribution in [0.1, 0.15) is 5.56 Å². The topological polar surface area (TPSA) is 60.2 Å². The first-order valence-corrected chi connectivity index (χ1v) is 9.06. The number of benzene rings is 2. The van der Waals surface area contributed by atoms with Crippen molar-refractivity contribution in [2.75, 3.05) is 17.5 Å². The van der Waals surface area contributed by atoms with Crippen LogP contribution in [0.5, 0.6) is 0 Å². The average molecular weight is 444 g/mol. The summed E-state index contributed by atoms with van der Waals surface area (Å²) in [5.41, 5.74) is 7.06. The summed E-state index contributed by atoms with van der Waals surface area (Å²) in [5.74, 6) is 0.00321. The van der Waals surface area contributed by atoms with Gasteiger partial charge in [-0.2, -0.15) is 0 Å². The van der Waals surface area contributed by atoms with Crippen molar-refractivity contribution < 1.29 is 9.59 Å². The SMILES string of the molecule is Nc1ccc(Cl)cc1.O=C(CCl)Cc1ccc(Cl)cc1.O=C(Cl)CCl. The zero-order valence-electron chi connectivity index (χ0n) is 13.0. The number of nitrogen functional groups attached to an aromatic ring is 1. The summed E-state index contributed by atoms with van der Waals surface area (Å²) < 4.78 is 0. The molecule has 0 radical (unpaired) electrons. The van der Waals surface area contributed by atoms with Gasteiger partial charge in [-0.15, -0.1) is 23.2 Å². The zero-order valence-corrected chi connectivity index (χ0v) is 16.8. The summed E-state index contributed by atoms with van der Waals surface area (Å²) in [6.45, 7) is 0. The smallest absolute Gasteiger partial charge is 0.236 e. The summed E-state index contributed by atoms with van der Waals surface area (Å²) in [7, 11) is 0. The van der Waals surface area contributed by atoms with Crippen LogP contribution in [0.15, 0.2) is 48.5 Å². The highest BCUT2D eigenvalue weighted by molar-refractivity contribution is 6.67. The van der Waals surface area contributed by atoms with E-state index in [0.29, 0.717) is 11.4 Å². The second-order valence-corrected chi connectivity index (χ2v) is 6.34. The van der Waals surface area contributed by atoms with Gasteiger partial charge in [0.1, 0.15) is 0 Å². The fraction of sp³-hybridized carbons (Fsp3) is 0.176. The molecule has 0 fully saturated rings. The van der Waals surface area contributed by atoms with E-state index in [4.69, 9.17) is 63.7 Å². The molecule has 0 amide bonds. The summed E-state index contributed by atoms with van der Waals surface area (Å²) in [5, 5.41) is 0.892. The Morgan fingerprint density at radius 3 is 1.52 bits per heavy atom. The van der Waals surface area contributed by atoms with Crippen molar-refractivity contribution in [1.82, 2.24) is 0 Å². The molecule has 2 rings (SSSR count). The van der Waals surface area contributed by atoms with Crippen LogP contribution in [0.3, 0.4) is 0 Å². The van der Waals surface area contributed by atoms with E-state index >= 15 is 0 Å². The molecular formula is C17H16Cl5NO2. The molecule has 25 heavy (non-hydrogen) atoms. The number of hydrogen-bond acceptors (Lipinski definition) is 3. The predicted octanol–water partition coefficient (Wildman–Crippen LogP) is 5.60. The molecule has 0 atom stereocenters. The van der Waals surface area contributed by atoms with Crippen LogP contribution in [0.25, 0.3) is 0 Å². The van der Waals surface area contributed by atoms with Crippen molar-refractivity contribution in [3.63, 3.8) is 0 Å². The van der Waals surface area contributed by atoms with Gasteiger partial charge in [0.25, 0.3) is 0 Å². The summed E-state index contributed by atoms with van der Waals surface area (Å²) >= 11 is 26.1. The number of rotatable bonds is 4.